The number of rotatable bonds is 8. The normalized spacial score (nSPS) is 19.7. The highest BCUT2D eigenvalue weighted by atomic mass is 32.2. The summed E-state index contributed by atoms with van der Waals surface area (Å²) in [5, 5.41) is 14.6. The summed E-state index contributed by atoms with van der Waals surface area (Å²) in [6.45, 7) is 5.96. The first-order chi connectivity index (χ1) is 16.8. The number of benzene rings is 1. The zero-order chi connectivity index (χ0) is 25.1. The molecule has 2 fully saturated rings. The standard InChI is InChI=1S/C24H29FN4O4S2/c1-4-20(30)28-7-8-29(13-16(25)12-28)23(32)17-10-19(14(2)9-18(17)33-3)34-21-11-26-24(35-21)27-22(31)15-5-6-15/h4,9-11,15-16,23,32H,1,5-8,12-13H2,2-3H3,(H,26,27,31). The third kappa shape index (κ3) is 6.21. The second-order valence-electron chi connectivity index (χ2n) is 8.66. The van der Waals surface area contributed by atoms with Gasteiger partial charge in [0.05, 0.1) is 24.1 Å². The van der Waals surface area contributed by atoms with Gasteiger partial charge >= 0.3 is 0 Å². The van der Waals surface area contributed by atoms with Crippen LogP contribution in [0, 0.1) is 12.8 Å². The number of aromatic nitrogens is 1. The molecule has 1 aliphatic heterocycles. The largest absolute Gasteiger partial charge is 0.496 e. The van der Waals surface area contributed by atoms with Gasteiger partial charge in [-0.05, 0) is 43.5 Å². The van der Waals surface area contributed by atoms with Crippen LogP contribution in [0.4, 0.5) is 9.52 Å². The van der Waals surface area contributed by atoms with Crippen molar-refractivity contribution in [2.45, 2.75) is 41.3 Å². The van der Waals surface area contributed by atoms with Crippen molar-refractivity contribution in [1.82, 2.24) is 14.8 Å². The Kier molecular flexibility index (Phi) is 8.10. The Morgan fingerprint density at radius 1 is 1.37 bits per heavy atom. The lowest BCUT2D eigenvalue weighted by Crippen LogP contribution is -2.35. The van der Waals surface area contributed by atoms with E-state index in [0.29, 0.717) is 23.0 Å². The number of nitrogens with zero attached hydrogens (tertiary/aromatic N) is 3. The number of methoxy groups -OCH3 is 1. The molecule has 2 aromatic rings. The van der Waals surface area contributed by atoms with Gasteiger partial charge in [0.2, 0.25) is 11.8 Å². The molecule has 2 atom stereocenters. The number of alkyl halides is 1. The minimum atomic E-state index is -1.30. The van der Waals surface area contributed by atoms with E-state index in [0.717, 1.165) is 27.5 Å². The van der Waals surface area contributed by atoms with Gasteiger partial charge in [0.25, 0.3) is 0 Å². The number of carbonyl (C=O) groups is 2. The van der Waals surface area contributed by atoms with E-state index < -0.39 is 12.4 Å². The summed E-state index contributed by atoms with van der Waals surface area (Å²) in [7, 11) is 1.53. The molecule has 8 nitrogen and oxygen atoms in total. The Balaban J connectivity index is 1.52. The van der Waals surface area contributed by atoms with Crippen LogP contribution in [0.5, 0.6) is 5.75 Å². The van der Waals surface area contributed by atoms with Crippen molar-refractivity contribution in [3.05, 3.63) is 42.1 Å². The SMILES string of the molecule is C=CC(=O)N1CCN(C(O)c2cc(Sc3cnc(NC(=O)C4CC4)s3)c(C)cc2OC)CC(F)C1. The fourth-order valence-corrected chi connectivity index (χ4v) is 5.88. The molecule has 1 aromatic carbocycles. The molecule has 0 bridgehead atoms. The Morgan fingerprint density at radius 3 is 2.83 bits per heavy atom. The second kappa shape index (κ2) is 11.1. The minimum Gasteiger partial charge on any atom is -0.496 e. The molecule has 2 unspecified atom stereocenters. The van der Waals surface area contributed by atoms with Gasteiger partial charge < -0.3 is 20.1 Å². The highest BCUT2D eigenvalue weighted by molar-refractivity contribution is 8.01. The second-order valence-corrected chi connectivity index (χ2v) is 11.0. The molecular weight excluding hydrogens is 491 g/mol. The fraction of sp³-hybridized carbons (Fsp3) is 0.458. The topological polar surface area (TPSA) is 95.0 Å². The van der Waals surface area contributed by atoms with Gasteiger partial charge in [-0.3, -0.25) is 14.5 Å². The molecule has 0 spiro atoms. The third-order valence-electron chi connectivity index (χ3n) is 6.02. The monoisotopic (exact) mass is 520 g/mol. The van der Waals surface area contributed by atoms with E-state index in [9.17, 15) is 19.1 Å². The molecule has 1 aliphatic carbocycles. The number of hydrogen-bond acceptors (Lipinski definition) is 8. The highest BCUT2D eigenvalue weighted by Gasteiger charge is 2.31. The lowest BCUT2D eigenvalue weighted by molar-refractivity contribution is -0.126. The maximum atomic E-state index is 14.6. The Hall–Kier alpha value is -2.47. The summed E-state index contributed by atoms with van der Waals surface area (Å²) < 4.78 is 21.0. The number of anilines is 1. The van der Waals surface area contributed by atoms with Crippen LogP contribution in [0.1, 0.15) is 30.2 Å². The van der Waals surface area contributed by atoms with Crippen molar-refractivity contribution in [1.29, 1.82) is 0 Å². The maximum absolute atomic E-state index is 14.6. The molecule has 2 aliphatic rings. The third-order valence-corrected chi connectivity index (χ3v) is 8.19. The molecule has 1 saturated heterocycles. The van der Waals surface area contributed by atoms with Crippen molar-refractivity contribution >= 4 is 40.0 Å². The summed E-state index contributed by atoms with van der Waals surface area (Å²) in [6, 6.07) is 3.69. The lowest BCUT2D eigenvalue weighted by atomic mass is 10.1. The summed E-state index contributed by atoms with van der Waals surface area (Å²) in [6.07, 6.45) is 2.33. The molecule has 35 heavy (non-hydrogen) atoms. The molecule has 1 saturated carbocycles. The molecule has 2 heterocycles. The van der Waals surface area contributed by atoms with Crippen LogP contribution in [-0.4, -0.2) is 71.2 Å². The van der Waals surface area contributed by atoms with Gasteiger partial charge in [-0.25, -0.2) is 9.37 Å². The number of ether oxygens (including phenoxy) is 1. The number of aryl methyl sites for hydroxylation is 1. The summed E-state index contributed by atoms with van der Waals surface area (Å²) >= 11 is 2.87. The first-order valence-corrected chi connectivity index (χ1v) is 13.0. The van der Waals surface area contributed by atoms with E-state index in [2.05, 4.69) is 16.9 Å². The quantitative estimate of drug-likeness (QED) is 0.514. The summed E-state index contributed by atoms with van der Waals surface area (Å²) in [5.74, 6) is 0.291. The molecule has 4 rings (SSSR count). The van der Waals surface area contributed by atoms with E-state index in [1.165, 1.54) is 41.2 Å². The Labute approximate surface area is 212 Å². The van der Waals surface area contributed by atoms with Crippen LogP contribution < -0.4 is 10.1 Å². The van der Waals surface area contributed by atoms with Crippen molar-refractivity contribution in [2.24, 2.45) is 5.92 Å². The average Bonchev–Trinajstić information content (AvgIpc) is 3.64. The predicted molar refractivity (Wildman–Crippen MR) is 134 cm³/mol. The number of halogens is 1. The van der Waals surface area contributed by atoms with E-state index in [1.54, 1.807) is 11.1 Å². The van der Waals surface area contributed by atoms with Crippen LogP contribution in [0.2, 0.25) is 0 Å². The summed E-state index contributed by atoms with van der Waals surface area (Å²) in [4.78, 5) is 32.2. The zero-order valence-corrected chi connectivity index (χ0v) is 21.3. The van der Waals surface area contributed by atoms with Crippen LogP contribution in [0.15, 0.2) is 40.1 Å². The number of nitrogens with one attached hydrogen (secondary N) is 1. The van der Waals surface area contributed by atoms with E-state index >= 15 is 0 Å². The number of thiazole rings is 1. The molecule has 2 amide bonds. The zero-order valence-electron chi connectivity index (χ0n) is 19.7. The first-order valence-electron chi connectivity index (χ1n) is 11.4. The average molecular weight is 521 g/mol. The fourth-order valence-electron chi connectivity index (χ4n) is 3.92. The lowest BCUT2D eigenvalue weighted by Gasteiger charge is -2.28. The van der Waals surface area contributed by atoms with Crippen LogP contribution >= 0.6 is 23.1 Å². The van der Waals surface area contributed by atoms with Gasteiger partial charge in [-0.1, -0.05) is 29.7 Å². The number of hydrogen-bond donors (Lipinski definition) is 2. The smallest absolute Gasteiger partial charge is 0.246 e. The van der Waals surface area contributed by atoms with Crippen molar-refractivity contribution in [3.63, 3.8) is 0 Å². The molecule has 1 aromatic heterocycles. The van der Waals surface area contributed by atoms with Crippen molar-refractivity contribution in [3.8, 4) is 5.75 Å². The molecule has 188 valence electrons. The Bertz CT molecular complexity index is 1110. The molecule has 11 heteroatoms. The maximum Gasteiger partial charge on any atom is 0.246 e. The summed E-state index contributed by atoms with van der Waals surface area (Å²) in [5.41, 5.74) is 1.46. The molecule has 2 N–H and O–H groups in total. The number of amides is 2. The molecular formula is C24H29FN4O4S2. The van der Waals surface area contributed by atoms with Gasteiger partial charge in [0, 0.05) is 36.0 Å². The van der Waals surface area contributed by atoms with Crippen LogP contribution in [0.25, 0.3) is 0 Å². The van der Waals surface area contributed by atoms with Gasteiger partial charge in [-0.2, -0.15) is 0 Å². The highest BCUT2D eigenvalue weighted by Crippen LogP contribution is 2.40. The van der Waals surface area contributed by atoms with Crippen LogP contribution in [-0.2, 0) is 9.59 Å². The first kappa shape index (κ1) is 25.6. The number of aliphatic hydroxyl groups excluding tert-OH is 1. The Morgan fingerprint density at radius 2 is 2.14 bits per heavy atom. The predicted octanol–water partition coefficient (Wildman–Crippen LogP) is 3.62. The van der Waals surface area contributed by atoms with Gasteiger partial charge in [0.1, 0.15) is 18.1 Å². The van der Waals surface area contributed by atoms with Gasteiger partial charge in [0.15, 0.2) is 5.13 Å². The van der Waals surface area contributed by atoms with E-state index in [4.69, 9.17) is 4.74 Å². The van der Waals surface area contributed by atoms with Crippen molar-refractivity contribution < 1.29 is 23.8 Å². The van der Waals surface area contributed by atoms with E-state index in [-0.39, 0.29) is 37.4 Å². The number of aliphatic hydroxyl groups is 1. The van der Waals surface area contributed by atoms with Crippen molar-refractivity contribution in [2.75, 3.05) is 38.6 Å². The minimum absolute atomic E-state index is 0.0129. The number of carbonyl (C=O) groups excluding carboxylic acids is 2. The van der Waals surface area contributed by atoms with Crippen LogP contribution in [0.3, 0.4) is 0 Å². The van der Waals surface area contributed by atoms with E-state index in [1.807, 2.05) is 19.1 Å². The van der Waals surface area contributed by atoms with Gasteiger partial charge in [-0.15, -0.1) is 0 Å². The molecule has 0 radical (unpaired) electrons.